The number of nitriles is 1. The maximum atomic E-state index is 12.4. The molecule has 1 aromatic carbocycles. The zero-order chi connectivity index (χ0) is 19.5. The molecule has 0 aliphatic heterocycles. The molecule has 0 spiro atoms. The molecule has 0 aliphatic carbocycles. The Balaban J connectivity index is 2.24. The number of hydrogen-bond acceptors (Lipinski definition) is 5. The molecule has 0 aliphatic rings. The number of hydrogen-bond donors (Lipinski definition) is 0. The van der Waals surface area contributed by atoms with Crippen LogP contribution in [0, 0.1) is 11.3 Å². The summed E-state index contributed by atoms with van der Waals surface area (Å²) < 4.78 is 47.6. The predicted molar refractivity (Wildman–Crippen MR) is 84.9 cm³/mol. The summed E-state index contributed by atoms with van der Waals surface area (Å²) in [6.07, 6.45) is -2.03. The summed E-state index contributed by atoms with van der Waals surface area (Å²) in [7, 11) is 0. The van der Waals surface area contributed by atoms with Crippen molar-refractivity contribution in [3.05, 3.63) is 36.2 Å². The molecule has 0 atom stereocenters. The summed E-state index contributed by atoms with van der Waals surface area (Å²) in [5.74, 6) is -1.01. The van der Waals surface area contributed by atoms with Crippen LogP contribution in [0.2, 0.25) is 0 Å². The maximum absolute atomic E-state index is 12.4. The molecule has 9 heteroatoms. The van der Waals surface area contributed by atoms with Crippen molar-refractivity contribution >= 4 is 5.97 Å². The molecule has 1 heterocycles. The van der Waals surface area contributed by atoms with Crippen LogP contribution in [0.3, 0.4) is 0 Å². The van der Waals surface area contributed by atoms with E-state index in [-0.39, 0.29) is 12.1 Å². The average Bonchev–Trinajstić information content (AvgIpc) is 2.91. The monoisotopic (exact) mass is 367 g/mol. The fraction of sp³-hybridized carbons (Fsp3) is 0.353. The molecule has 0 unspecified atom stereocenters. The van der Waals surface area contributed by atoms with Crippen molar-refractivity contribution in [1.82, 2.24) is 9.78 Å². The summed E-state index contributed by atoms with van der Waals surface area (Å²) >= 11 is 0. The molecule has 6 nitrogen and oxygen atoms in total. The van der Waals surface area contributed by atoms with E-state index in [0.717, 1.165) is 12.1 Å². The van der Waals surface area contributed by atoms with Crippen LogP contribution in [0.4, 0.5) is 13.2 Å². The minimum absolute atomic E-state index is 0.00152. The van der Waals surface area contributed by atoms with Gasteiger partial charge in [0.05, 0.1) is 17.8 Å². The van der Waals surface area contributed by atoms with Gasteiger partial charge in [-0.05, 0) is 44.5 Å². The predicted octanol–water partition coefficient (Wildman–Crippen LogP) is 3.66. The van der Waals surface area contributed by atoms with E-state index in [2.05, 4.69) is 9.84 Å². The Labute approximate surface area is 147 Å². The molecule has 0 fully saturated rings. The van der Waals surface area contributed by atoms with Gasteiger partial charge in [0.25, 0.3) is 0 Å². The lowest BCUT2D eigenvalue weighted by atomic mass is 10.1. The summed E-state index contributed by atoms with van der Waals surface area (Å²) in [5.41, 5.74) is 0.0935. The molecule has 0 bridgehead atoms. The first kappa shape index (κ1) is 19.3. The average molecular weight is 367 g/mol. The van der Waals surface area contributed by atoms with Gasteiger partial charge in [-0.2, -0.15) is 10.4 Å². The Hall–Kier alpha value is -3.02. The van der Waals surface area contributed by atoms with Gasteiger partial charge in [-0.15, -0.1) is 13.2 Å². The molecule has 2 aromatic rings. The standard InChI is InChI=1S/C17H16F3N3O3/c1-16(2,3)26-15(24)10-23-9-13(8-22-23)12-4-11(7-21)5-14(6-12)25-17(18,19)20/h4-6,8-9H,10H2,1-3H3. The molecule has 0 amide bonds. The number of carbonyl (C=O) groups excluding carboxylic acids is 1. The lowest BCUT2D eigenvalue weighted by Crippen LogP contribution is -2.26. The lowest BCUT2D eigenvalue weighted by molar-refractivity contribution is -0.274. The molecule has 0 radical (unpaired) electrons. The van der Waals surface area contributed by atoms with Gasteiger partial charge in [0.1, 0.15) is 17.9 Å². The van der Waals surface area contributed by atoms with Crippen molar-refractivity contribution in [3.63, 3.8) is 0 Å². The summed E-state index contributed by atoms with van der Waals surface area (Å²) in [5, 5.41) is 13.0. The van der Waals surface area contributed by atoms with Crippen molar-refractivity contribution in [2.75, 3.05) is 0 Å². The van der Waals surface area contributed by atoms with E-state index in [0.29, 0.717) is 11.1 Å². The first-order valence-corrected chi connectivity index (χ1v) is 7.51. The van der Waals surface area contributed by atoms with Gasteiger partial charge in [0.2, 0.25) is 0 Å². The molecule has 2 rings (SSSR count). The SMILES string of the molecule is CC(C)(C)OC(=O)Cn1cc(-c2cc(C#N)cc(OC(F)(F)F)c2)cn1. The number of halogens is 3. The summed E-state index contributed by atoms with van der Waals surface area (Å²) in [6, 6.07) is 5.31. The smallest absolute Gasteiger partial charge is 0.459 e. The van der Waals surface area contributed by atoms with Crippen molar-refractivity contribution in [1.29, 1.82) is 5.26 Å². The van der Waals surface area contributed by atoms with Gasteiger partial charge in [0.15, 0.2) is 0 Å². The van der Waals surface area contributed by atoms with Gasteiger partial charge < -0.3 is 9.47 Å². The highest BCUT2D eigenvalue weighted by Gasteiger charge is 2.31. The minimum atomic E-state index is -4.87. The molecular formula is C17H16F3N3O3. The molecule has 138 valence electrons. The van der Waals surface area contributed by atoms with Crippen LogP contribution in [-0.2, 0) is 16.1 Å². The van der Waals surface area contributed by atoms with E-state index in [4.69, 9.17) is 10.00 Å². The Bertz CT molecular complexity index is 845. The molecule has 0 saturated heterocycles. The van der Waals surface area contributed by atoms with Crippen LogP contribution in [0.15, 0.2) is 30.6 Å². The topological polar surface area (TPSA) is 77.1 Å². The Kier molecular flexibility index (Phi) is 5.25. The highest BCUT2D eigenvalue weighted by atomic mass is 19.4. The molecule has 0 N–H and O–H groups in total. The highest BCUT2D eigenvalue weighted by Crippen LogP contribution is 2.29. The van der Waals surface area contributed by atoms with Crippen LogP contribution < -0.4 is 4.74 Å². The summed E-state index contributed by atoms with van der Waals surface area (Å²) in [6.45, 7) is 5.04. The number of ether oxygens (including phenoxy) is 2. The van der Waals surface area contributed by atoms with Crippen LogP contribution in [0.1, 0.15) is 26.3 Å². The van der Waals surface area contributed by atoms with E-state index in [9.17, 15) is 18.0 Å². The molecule has 0 saturated carbocycles. The molecule has 1 aromatic heterocycles. The second-order valence-electron chi connectivity index (χ2n) is 6.42. The van der Waals surface area contributed by atoms with Crippen LogP contribution in [0.25, 0.3) is 11.1 Å². The second-order valence-corrected chi connectivity index (χ2v) is 6.42. The fourth-order valence-corrected chi connectivity index (χ4v) is 2.13. The van der Waals surface area contributed by atoms with Crippen molar-refractivity contribution < 1.29 is 27.4 Å². The van der Waals surface area contributed by atoms with Gasteiger partial charge in [0, 0.05) is 11.8 Å². The number of aromatic nitrogens is 2. The van der Waals surface area contributed by atoms with Gasteiger partial charge in [-0.3, -0.25) is 9.48 Å². The largest absolute Gasteiger partial charge is 0.573 e. The third kappa shape index (κ3) is 5.81. The quantitative estimate of drug-likeness (QED) is 0.771. The van der Waals surface area contributed by atoms with Gasteiger partial charge in [-0.1, -0.05) is 0 Å². The molecule has 26 heavy (non-hydrogen) atoms. The van der Waals surface area contributed by atoms with Crippen LogP contribution >= 0.6 is 0 Å². The zero-order valence-corrected chi connectivity index (χ0v) is 14.3. The Morgan fingerprint density at radius 1 is 1.23 bits per heavy atom. The van der Waals surface area contributed by atoms with Crippen LogP contribution in [-0.4, -0.2) is 27.7 Å². The minimum Gasteiger partial charge on any atom is -0.459 e. The number of esters is 1. The number of benzene rings is 1. The molecular weight excluding hydrogens is 351 g/mol. The fourth-order valence-electron chi connectivity index (χ4n) is 2.13. The number of alkyl halides is 3. The van der Waals surface area contributed by atoms with Crippen molar-refractivity contribution in [2.45, 2.75) is 39.3 Å². The van der Waals surface area contributed by atoms with Crippen molar-refractivity contribution in [2.24, 2.45) is 0 Å². The van der Waals surface area contributed by atoms with E-state index >= 15 is 0 Å². The third-order valence-electron chi connectivity index (χ3n) is 2.95. The van der Waals surface area contributed by atoms with E-state index < -0.39 is 23.7 Å². The summed E-state index contributed by atoms with van der Waals surface area (Å²) in [4.78, 5) is 11.8. The first-order chi connectivity index (χ1) is 11.9. The first-order valence-electron chi connectivity index (χ1n) is 7.51. The van der Waals surface area contributed by atoms with Gasteiger partial charge in [-0.25, -0.2) is 0 Å². The second kappa shape index (κ2) is 7.07. The normalized spacial score (nSPS) is 11.7. The number of nitrogens with zero attached hydrogens (tertiary/aromatic N) is 3. The van der Waals surface area contributed by atoms with E-state index in [1.165, 1.54) is 23.1 Å². The maximum Gasteiger partial charge on any atom is 0.573 e. The van der Waals surface area contributed by atoms with E-state index in [1.807, 2.05) is 0 Å². The number of carbonyl (C=O) groups is 1. The van der Waals surface area contributed by atoms with Crippen molar-refractivity contribution in [3.8, 4) is 22.9 Å². The Morgan fingerprint density at radius 3 is 2.50 bits per heavy atom. The number of rotatable bonds is 4. The van der Waals surface area contributed by atoms with Gasteiger partial charge >= 0.3 is 12.3 Å². The zero-order valence-electron chi connectivity index (χ0n) is 14.3. The lowest BCUT2D eigenvalue weighted by Gasteiger charge is -2.19. The Morgan fingerprint density at radius 2 is 1.92 bits per heavy atom. The third-order valence-corrected chi connectivity index (χ3v) is 2.95. The van der Waals surface area contributed by atoms with E-state index in [1.54, 1.807) is 26.8 Å². The van der Waals surface area contributed by atoms with Crippen LogP contribution in [0.5, 0.6) is 5.75 Å². The highest BCUT2D eigenvalue weighted by molar-refractivity contribution is 5.70.